The van der Waals surface area contributed by atoms with Gasteiger partial charge in [0.1, 0.15) is 9.79 Å². The molecular weight excluding hydrogens is 464 g/mol. The lowest BCUT2D eigenvalue weighted by molar-refractivity contribution is -0.233. The van der Waals surface area contributed by atoms with Gasteiger partial charge in [0.2, 0.25) is 0 Å². The number of nitrogens with zero attached hydrogens (tertiary/aromatic N) is 2. The Bertz CT molecular complexity index is 1290. The summed E-state index contributed by atoms with van der Waals surface area (Å²) >= 11 is 0. The first-order chi connectivity index (χ1) is 15.2. The predicted octanol–water partition coefficient (Wildman–Crippen LogP) is 1.51. The van der Waals surface area contributed by atoms with E-state index in [0.717, 1.165) is 12.8 Å². The molecule has 3 aliphatic rings. The molecule has 5 rings (SSSR count). The van der Waals surface area contributed by atoms with Gasteiger partial charge in [-0.05, 0) is 37.1 Å². The van der Waals surface area contributed by atoms with Crippen LogP contribution in [-0.2, 0) is 29.6 Å². The van der Waals surface area contributed by atoms with Gasteiger partial charge in [-0.1, -0.05) is 28.7 Å². The van der Waals surface area contributed by atoms with Gasteiger partial charge in [-0.25, -0.2) is 4.84 Å². The lowest BCUT2D eigenvalue weighted by Gasteiger charge is -2.25. The minimum atomic E-state index is -3.99. The first-order valence-corrected chi connectivity index (χ1v) is 12.4. The Morgan fingerprint density at radius 3 is 1.94 bits per heavy atom. The van der Waals surface area contributed by atoms with E-state index in [9.17, 15) is 26.4 Å². The van der Waals surface area contributed by atoms with Gasteiger partial charge in [0, 0.05) is 13.0 Å². The van der Waals surface area contributed by atoms with Crippen molar-refractivity contribution in [2.24, 2.45) is 0 Å². The second-order valence-electron chi connectivity index (χ2n) is 6.98. The van der Waals surface area contributed by atoms with Gasteiger partial charge in [0.05, 0.1) is 11.1 Å². The highest BCUT2D eigenvalue weighted by Crippen LogP contribution is 2.32. The van der Waals surface area contributed by atoms with Gasteiger partial charge < -0.3 is 4.74 Å². The molecular formula is C19H18N2O9S2. The summed E-state index contributed by atoms with van der Waals surface area (Å²) in [4.78, 5) is 28.2. The molecule has 1 N–H and O–H groups in total. The maximum atomic E-state index is 12.2. The van der Waals surface area contributed by atoms with Crippen molar-refractivity contribution in [2.45, 2.75) is 35.3 Å². The van der Waals surface area contributed by atoms with E-state index in [0.29, 0.717) is 17.5 Å². The third-order valence-corrected chi connectivity index (χ3v) is 8.06. The molecule has 0 saturated carbocycles. The van der Waals surface area contributed by atoms with Crippen molar-refractivity contribution in [3.05, 3.63) is 59.7 Å². The van der Waals surface area contributed by atoms with Crippen LogP contribution >= 0.6 is 0 Å². The largest absolute Gasteiger partial charge is 0.350 e. The third kappa shape index (κ3) is 3.67. The second kappa shape index (κ2) is 8.26. The molecule has 2 aromatic carbocycles. The smallest absolute Gasteiger partial charge is 0.293 e. The SMILES string of the molecule is O=C1c2ccccc2S(=O)(=O)N1O.O=C1c2ccccc2S(=O)(=O)N1OC1CCCCO1. The lowest BCUT2D eigenvalue weighted by atomic mass is 10.2. The van der Waals surface area contributed by atoms with Gasteiger partial charge >= 0.3 is 0 Å². The monoisotopic (exact) mass is 482 g/mol. The van der Waals surface area contributed by atoms with E-state index in [1.165, 1.54) is 36.4 Å². The topological polar surface area (TPSA) is 148 Å². The molecule has 0 aromatic heterocycles. The van der Waals surface area contributed by atoms with Crippen LogP contribution in [0.15, 0.2) is 58.3 Å². The van der Waals surface area contributed by atoms with Crippen LogP contribution in [0.3, 0.4) is 0 Å². The van der Waals surface area contributed by atoms with Crippen LogP contribution in [-0.4, -0.2) is 55.7 Å². The fourth-order valence-corrected chi connectivity index (χ4v) is 5.92. The van der Waals surface area contributed by atoms with Crippen LogP contribution in [0, 0.1) is 0 Å². The highest BCUT2D eigenvalue weighted by atomic mass is 32.2. The van der Waals surface area contributed by atoms with Crippen molar-refractivity contribution in [1.82, 2.24) is 8.94 Å². The van der Waals surface area contributed by atoms with E-state index >= 15 is 0 Å². The molecule has 0 aliphatic carbocycles. The number of sulfonamides is 2. The second-order valence-corrected chi connectivity index (χ2v) is 10.4. The number of fused-ring (bicyclic) bond motifs is 2. The zero-order valence-electron chi connectivity index (χ0n) is 16.4. The van der Waals surface area contributed by atoms with E-state index in [4.69, 9.17) is 14.8 Å². The van der Waals surface area contributed by atoms with Crippen molar-refractivity contribution in [3.63, 3.8) is 0 Å². The molecule has 1 unspecified atom stereocenters. The van der Waals surface area contributed by atoms with Crippen LogP contribution in [0.4, 0.5) is 0 Å². The first-order valence-electron chi connectivity index (χ1n) is 9.50. The van der Waals surface area contributed by atoms with Crippen LogP contribution in [0.1, 0.15) is 40.0 Å². The molecule has 2 aromatic rings. The van der Waals surface area contributed by atoms with Gasteiger partial charge in [-0.2, -0.15) is 16.8 Å². The normalized spacial score (nSPS) is 22.7. The number of ether oxygens (including phenoxy) is 1. The van der Waals surface area contributed by atoms with Crippen molar-refractivity contribution in [2.75, 3.05) is 6.61 Å². The molecule has 1 fully saturated rings. The van der Waals surface area contributed by atoms with Gasteiger partial charge in [0.15, 0.2) is 6.29 Å². The highest BCUT2D eigenvalue weighted by molar-refractivity contribution is 7.90. The molecule has 0 bridgehead atoms. The fraction of sp³-hybridized carbons (Fsp3) is 0.263. The summed E-state index contributed by atoms with van der Waals surface area (Å²) in [6, 6.07) is 11.7. The average Bonchev–Trinajstić information content (AvgIpc) is 3.10. The number of hydrogen-bond acceptors (Lipinski definition) is 9. The minimum Gasteiger partial charge on any atom is -0.350 e. The molecule has 32 heavy (non-hydrogen) atoms. The molecule has 11 nitrogen and oxygen atoms in total. The van der Waals surface area contributed by atoms with E-state index in [2.05, 4.69) is 0 Å². The van der Waals surface area contributed by atoms with E-state index in [1.54, 1.807) is 12.1 Å². The number of rotatable bonds is 2. The third-order valence-electron chi connectivity index (χ3n) is 4.93. The summed E-state index contributed by atoms with van der Waals surface area (Å²) in [5.74, 6) is -1.57. The van der Waals surface area contributed by atoms with Crippen LogP contribution in [0.5, 0.6) is 0 Å². The Hall–Kier alpha value is -2.84. The molecule has 1 saturated heterocycles. The Kier molecular flexibility index (Phi) is 5.77. The van der Waals surface area contributed by atoms with Gasteiger partial charge in [0.25, 0.3) is 31.9 Å². The standard InChI is InChI=1S/C12H13NO5S.C7H5NO4S/c14-12-9-5-1-2-6-10(9)19(15,16)13(12)18-11-7-3-4-8-17-11;9-7-5-3-1-2-4-6(5)13(11,12)8(7)10/h1-2,5-6,11H,3-4,7-8H2;1-4,10H. The average molecular weight is 482 g/mol. The van der Waals surface area contributed by atoms with Crippen molar-refractivity contribution < 1.29 is 41.2 Å². The van der Waals surface area contributed by atoms with Gasteiger partial charge in [-0.3, -0.25) is 14.8 Å². The number of carbonyl (C=O) groups excluding carboxylic acids is 2. The van der Waals surface area contributed by atoms with Gasteiger partial charge in [-0.15, -0.1) is 4.47 Å². The molecule has 13 heteroatoms. The van der Waals surface area contributed by atoms with Crippen molar-refractivity contribution in [1.29, 1.82) is 0 Å². The highest BCUT2D eigenvalue weighted by Gasteiger charge is 2.44. The quantitative estimate of drug-likeness (QED) is 0.629. The molecule has 3 aliphatic heterocycles. The van der Waals surface area contributed by atoms with E-state index < -0.39 is 38.2 Å². The summed E-state index contributed by atoms with van der Waals surface area (Å²) in [6.45, 7) is 0.514. The number of carbonyl (C=O) groups is 2. The minimum absolute atomic E-state index is 0.00463. The number of hydrogen-bond donors (Lipinski definition) is 1. The summed E-state index contributed by atoms with van der Waals surface area (Å²) in [5.41, 5.74) is 0.142. The summed E-state index contributed by atoms with van der Waals surface area (Å²) in [6.07, 6.45) is 1.71. The lowest BCUT2D eigenvalue weighted by Crippen LogP contribution is -2.37. The van der Waals surface area contributed by atoms with Crippen LogP contribution in [0.25, 0.3) is 0 Å². The summed E-state index contributed by atoms with van der Waals surface area (Å²) in [7, 11) is -7.91. The molecule has 1 atom stereocenters. The Morgan fingerprint density at radius 1 is 0.844 bits per heavy atom. The van der Waals surface area contributed by atoms with E-state index in [-0.39, 0.29) is 25.4 Å². The Morgan fingerprint density at radius 2 is 1.41 bits per heavy atom. The van der Waals surface area contributed by atoms with E-state index in [1.807, 2.05) is 0 Å². The molecule has 0 radical (unpaired) electrons. The van der Waals surface area contributed by atoms with Crippen LogP contribution < -0.4 is 0 Å². The zero-order chi connectivity index (χ0) is 23.1. The Balaban J connectivity index is 0.000000165. The summed E-state index contributed by atoms with van der Waals surface area (Å²) < 4.78 is 52.4. The number of benzene rings is 2. The maximum Gasteiger partial charge on any atom is 0.293 e. The number of amides is 2. The molecule has 0 spiro atoms. The predicted molar refractivity (Wildman–Crippen MR) is 106 cm³/mol. The Labute approximate surface area is 183 Å². The molecule has 170 valence electrons. The molecule has 2 amide bonds. The number of hydroxylamine groups is 2. The molecule has 3 heterocycles. The first kappa shape index (κ1) is 22.4. The maximum absolute atomic E-state index is 12.2. The fourth-order valence-electron chi connectivity index (χ4n) is 3.34. The van der Waals surface area contributed by atoms with Crippen molar-refractivity contribution in [3.8, 4) is 0 Å². The van der Waals surface area contributed by atoms with Crippen molar-refractivity contribution >= 4 is 31.9 Å². The van der Waals surface area contributed by atoms with Crippen LogP contribution in [0.2, 0.25) is 0 Å². The summed E-state index contributed by atoms with van der Waals surface area (Å²) in [5, 5.41) is 8.94. The zero-order valence-corrected chi connectivity index (χ0v) is 18.1.